The molecule has 1 unspecified atom stereocenters. The third kappa shape index (κ3) is 3.33. The quantitative estimate of drug-likeness (QED) is 0.498. The Bertz CT molecular complexity index is 459. The van der Waals surface area contributed by atoms with E-state index in [2.05, 4.69) is 11.5 Å². The summed E-state index contributed by atoms with van der Waals surface area (Å²) in [7, 11) is 1.47. The third-order valence-electron chi connectivity index (χ3n) is 3.62. The summed E-state index contributed by atoms with van der Waals surface area (Å²) in [6.45, 7) is 0. The predicted octanol–water partition coefficient (Wildman–Crippen LogP) is 3.23. The Morgan fingerprint density at radius 3 is 2.89 bits per heavy atom. The van der Waals surface area contributed by atoms with Crippen molar-refractivity contribution in [2.24, 2.45) is 5.84 Å². The lowest BCUT2D eigenvalue weighted by Gasteiger charge is -2.20. The summed E-state index contributed by atoms with van der Waals surface area (Å²) >= 11 is 0. The largest absolute Gasteiger partial charge is 0.494 e. The zero-order valence-electron chi connectivity index (χ0n) is 11.3. The lowest BCUT2D eigenvalue weighted by molar-refractivity contribution is 0.385. The maximum Gasteiger partial charge on any atom is 0.165 e. The van der Waals surface area contributed by atoms with Crippen LogP contribution >= 0.6 is 0 Å². The van der Waals surface area contributed by atoms with Crippen LogP contribution in [0, 0.1) is 5.82 Å². The maximum atomic E-state index is 13.5. The molecule has 0 aliphatic heterocycles. The molecule has 1 aromatic carbocycles. The predicted molar refractivity (Wildman–Crippen MR) is 74.2 cm³/mol. The highest BCUT2D eigenvalue weighted by atomic mass is 19.1. The summed E-state index contributed by atoms with van der Waals surface area (Å²) in [6, 6.07) is 4.84. The van der Waals surface area contributed by atoms with Gasteiger partial charge in [-0.15, -0.1) is 0 Å². The van der Waals surface area contributed by atoms with Gasteiger partial charge in [-0.05, 0) is 43.4 Å². The van der Waals surface area contributed by atoms with Crippen LogP contribution in [0.4, 0.5) is 4.39 Å². The fraction of sp³-hybridized carbons (Fsp3) is 0.467. The molecule has 0 amide bonds. The topological polar surface area (TPSA) is 47.3 Å². The van der Waals surface area contributed by atoms with Crippen molar-refractivity contribution >= 4 is 0 Å². The molecule has 0 spiro atoms. The lowest BCUT2D eigenvalue weighted by atomic mass is 9.95. The second-order valence-electron chi connectivity index (χ2n) is 4.87. The van der Waals surface area contributed by atoms with E-state index in [0.29, 0.717) is 0 Å². The zero-order valence-corrected chi connectivity index (χ0v) is 11.3. The van der Waals surface area contributed by atoms with Gasteiger partial charge in [-0.3, -0.25) is 5.84 Å². The van der Waals surface area contributed by atoms with E-state index in [1.165, 1.54) is 38.0 Å². The van der Waals surface area contributed by atoms with Crippen molar-refractivity contribution in [2.75, 3.05) is 7.11 Å². The van der Waals surface area contributed by atoms with E-state index in [-0.39, 0.29) is 17.6 Å². The van der Waals surface area contributed by atoms with E-state index in [1.54, 1.807) is 12.1 Å². The molecule has 0 radical (unpaired) electrons. The van der Waals surface area contributed by atoms with Crippen LogP contribution in [-0.2, 0) is 0 Å². The van der Waals surface area contributed by atoms with Gasteiger partial charge in [0, 0.05) is 0 Å². The van der Waals surface area contributed by atoms with E-state index in [1.807, 2.05) is 0 Å². The highest BCUT2D eigenvalue weighted by Gasteiger charge is 2.18. The molecule has 1 aliphatic rings. The third-order valence-corrected chi connectivity index (χ3v) is 3.62. The number of methoxy groups -OCH3 is 1. The summed E-state index contributed by atoms with van der Waals surface area (Å²) in [6.07, 6.45) is 8.05. The molecule has 104 valence electrons. The number of halogens is 1. The second-order valence-corrected chi connectivity index (χ2v) is 4.87. The molecule has 3 N–H and O–H groups in total. The molecule has 0 bridgehead atoms. The first-order valence-electron chi connectivity index (χ1n) is 6.74. The molecule has 4 heteroatoms. The van der Waals surface area contributed by atoms with Crippen LogP contribution in [0.1, 0.15) is 43.7 Å². The van der Waals surface area contributed by atoms with E-state index >= 15 is 0 Å². The summed E-state index contributed by atoms with van der Waals surface area (Å²) in [5.74, 6) is 5.60. The normalized spacial score (nSPS) is 17.5. The molecule has 3 nitrogen and oxygen atoms in total. The molecule has 0 saturated heterocycles. The van der Waals surface area contributed by atoms with Crippen LogP contribution in [0.2, 0.25) is 0 Å². The van der Waals surface area contributed by atoms with E-state index < -0.39 is 0 Å². The lowest BCUT2D eigenvalue weighted by Crippen LogP contribution is -2.29. The molecule has 2 rings (SSSR count). The SMILES string of the molecule is COc1cc(C(NN)C2=CCCCCC2)ccc1F. The first-order chi connectivity index (χ1) is 9.26. The fourth-order valence-electron chi connectivity index (χ4n) is 2.58. The van der Waals surface area contributed by atoms with Crippen LogP contribution in [0.25, 0.3) is 0 Å². The Hall–Kier alpha value is -1.39. The standard InChI is InChI=1S/C15H21FN2O/c1-19-14-10-12(8-9-13(14)16)15(18-17)11-6-4-2-3-5-7-11/h6,8-10,15,18H,2-5,7,17H2,1H3. The van der Waals surface area contributed by atoms with Crippen LogP contribution in [-0.4, -0.2) is 7.11 Å². The number of allylic oxidation sites excluding steroid dienone is 1. The maximum absolute atomic E-state index is 13.5. The molecule has 1 aromatic rings. The van der Waals surface area contributed by atoms with E-state index in [9.17, 15) is 4.39 Å². The average Bonchev–Trinajstić information content (AvgIpc) is 2.70. The van der Waals surface area contributed by atoms with Crippen molar-refractivity contribution in [1.82, 2.24) is 5.43 Å². The van der Waals surface area contributed by atoms with Crippen LogP contribution < -0.4 is 16.0 Å². The number of hydrogen-bond acceptors (Lipinski definition) is 3. The van der Waals surface area contributed by atoms with Gasteiger partial charge in [-0.25, -0.2) is 9.82 Å². The van der Waals surface area contributed by atoms with Crippen molar-refractivity contribution in [1.29, 1.82) is 0 Å². The molecule has 19 heavy (non-hydrogen) atoms. The van der Waals surface area contributed by atoms with Gasteiger partial charge < -0.3 is 4.74 Å². The Balaban J connectivity index is 2.28. The number of nitrogens with one attached hydrogen (secondary N) is 1. The minimum atomic E-state index is -0.350. The number of hydrogen-bond donors (Lipinski definition) is 2. The number of benzene rings is 1. The highest BCUT2D eigenvalue weighted by molar-refractivity contribution is 5.36. The first-order valence-corrected chi connectivity index (χ1v) is 6.74. The first kappa shape index (κ1) is 14.0. The van der Waals surface area contributed by atoms with Gasteiger partial charge in [-0.1, -0.05) is 24.1 Å². The zero-order chi connectivity index (χ0) is 13.7. The Kier molecular flexibility index (Phi) is 4.93. The van der Waals surface area contributed by atoms with Gasteiger partial charge in [0.05, 0.1) is 13.2 Å². The molecule has 0 saturated carbocycles. The number of rotatable bonds is 4. The van der Waals surface area contributed by atoms with E-state index in [4.69, 9.17) is 10.6 Å². The number of nitrogens with two attached hydrogens (primary N) is 1. The van der Waals surface area contributed by atoms with Crippen molar-refractivity contribution in [3.63, 3.8) is 0 Å². The van der Waals surface area contributed by atoms with Gasteiger partial charge >= 0.3 is 0 Å². The Labute approximate surface area is 113 Å². The molecule has 0 aromatic heterocycles. The smallest absolute Gasteiger partial charge is 0.165 e. The molecule has 0 heterocycles. The Morgan fingerprint density at radius 1 is 1.32 bits per heavy atom. The van der Waals surface area contributed by atoms with Crippen LogP contribution in [0.15, 0.2) is 29.8 Å². The van der Waals surface area contributed by atoms with E-state index in [0.717, 1.165) is 18.4 Å². The minimum Gasteiger partial charge on any atom is -0.494 e. The molecular formula is C15H21FN2O. The highest BCUT2D eigenvalue weighted by Crippen LogP contribution is 2.31. The summed E-state index contributed by atoms with van der Waals surface area (Å²) in [5, 5.41) is 0. The summed E-state index contributed by atoms with van der Waals surface area (Å²) < 4.78 is 18.5. The fourth-order valence-corrected chi connectivity index (χ4v) is 2.58. The molecule has 1 atom stereocenters. The van der Waals surface area contributed by atoms with Crippen molar-refractivity contribution in [2.45, 2.75) is 38.1 Å². The monoisotopic (exact) mass is 264 g/mol. The average molecular weight is 264 g/mol. The van der Waals surface area contributed by atoms with Gasteiger partial charge in [0.1, 0.15) is 0 Å². The summed E-state index contributed by atoms with van der Waals surface area (Å²) in [4.78, 5) is 0. The number of ether oxygens (including phenoxy) is 1. The Morgan fingerprint density at radius 2 is 2.16 bits per heavy atom. The van der Waals surface area contributed by atoms with Gasteiger partial charge in [0.15, 0.2) is 11.6 Å². The second kappa shape index (κ2) is 6.68. The van der Waals surface area contributed by atoms with Gasteiger partial charge in [-0.2, -0.15) is 0 Å². The van der Waals surface area contributed by atoms with Gasteiger partial charge in [0.2, 0.25) is 0 Å². The van der Waals surface area contributed by atoms with Gasteiger partial charge in [0.25, 0.3) is 0 Å². The molecular weight excluding hydrogens is 243 g/mol. The summed E-state index contributed by atoms with van der Waals surface area (Å²) in [5.41, 5.74) is 5.06. The van der Waals surface area contributed by atoms with Crippen molar-refractivity contribution < 1.29 is 9.13 Å². The minimum absolute atomic E-state index is 0.0624. The number of hydrazine groups is 1. The van der Waals surface area contributed by atoms with Crippen LogP contribution in [0.3, 0.4) is 0 Å². The molecule has 0 fully saturated rings. The molecule has 1 aliphatic carbocycles. The van der Waals surface area contributed by atoms with Crippen molar-refractivity contribution in [3.05, 3.63) is 41.2 Å². The van der Waals surface area contributed by atoms with Crippen molar-refractivity contribution in [3.8, 4) is 5.75 Å². The van der Waals surface area contributed by atoms with Crippen LogP contribution in [0.5, 0.6) is 5.75 Å².